The molecular formula is C34H29F5NO6PS. The van der Waals surface area contributed by atoms with Gasteiger partial charge in [-0.3, -0.25) is 9.36 Å². The van der Waals surface area contributed by atoms with Crippen LogP contribution in [-0.2, 0) is 26.9 Å². The van der Waals surface area contributed by atoms with Crippen LogP contribution in [0.25, 0.3) is 10.1 Å². The third kappa shape index (κ3) is 8.66. The summed E-state index contributed by atoms with van der Waals surface area (Å²) in [4.78, 5) is 25.2. The third-order valence-corrected chi connectivity index (χ3v) is 9.66. The Labute approximate surface area is 276 Å². The molecule has 14 heteroatoms. The minimum atomic E-state index is -3.85. The zero-order valence-electron chi connectivity index (χ0n) is 25.8. The highest BCUT2D eigenvalue weighted by Crippen LogP contribution is 2.47. The molecule has 0 fully saturated rings. The van der Waals surface area contributed by atoms with Crippen molar-refractivity contribution in [3.05, 3.63) is 130 Å². The molecular weight excluding hydrogens is 676 g/mol. The van der Waals surface area contributed by atoms with Gasteiger partial charge in [0.05, 0.1) is 6.16 Å². The molecule has 0 saturated heterocycles. The van der Waals surface area contributed by atoms with Crippen LogP contribution in [0.5, 0.6) is 11.5 Å². The molecule has 252 valence electrons. The molecule has 1 aromatic heterocycles. The zero-order chi connectivity index (χ0) is 35.0. The van der Waals surface area contributed by atoms with Gasteiger partial charge in [-0.25, -0.2) is 23.1 Å². The van der Waals surface area contributed by atoms with Crippen LogP contribution in [0.1, 0.15) is 41.6 Å². The van der Waals surface area contributed by atoms with Crippen molar-refractivity contribution in [3.8, 4) is 11.5 Å². The van der Waals surface area contributed by atoms with E-state index in [9.17, 15) is 36.1 Å². The number of hydrogen-bond acceptors (Lipinski definition) is 7. The van der Waals surface area contributed by atoms with Crippen molar-refractivity contribution in [1.82, 2.24) is 5.09 Å². The normalized spacial score (nSPS) is 12.8. The standard InChI is InChI=1S/C32H23F5NO6PS.C2H6/c1-18(31(39)42-16-19-8-4-2-5-9-19)38-45(41,44-22-10-6-3-7-11-22)17-20-12-13-23-21(14-20)15-24(46-23)32(40)43-30-28(36)26(34)25(33)27(35)29(30)37;1-2/h2-15,18H,16-17H2,1H3,(H,38,41);1-2H3. The molecule has 1 N–H and O–H groups in total. The van der Waals surface area contributed by atoms with Crippen LogP contribution in [0.2, 0.25) is 0 Å². The lowest BCUT2D eigenvalue weighted by Gasteiger charge is -2.24. The van der Waals surface area contributed by atoms with Crippen molar-refractivity contribution in [2.75, 3.05) is 0 Å². The first-order valence-electron chi connectivity index (χ1n) is 14.5. The summed E-state index contributed by atoms with van der Waals surface area (Å²) in [5.74, 6) is -14.9. The van der Waals surface area contributed by atoms with Gasteiger partial charge in [0, 0.05) is 4.70 Å². The minimum Gasteiger partial charge on any atom is -0.460 e. The molecule has 7 nitrogen and oxygen atoms in total. The Balaban J connectivity index is 0.00000255. The van der Waals surface area contributed by atoms with E-state index in [1.54, 1.807) is 72.8 Å². The first-order valence-corrected chi connectivity index (χ1v) is 17.1. The molecule has 0 aliphatic heterocycles. The first-order chi connectivity index (χ1) is 22.9. The van der Waals surface area contributed by atoms with Crippen molar-refractivity contribution in [2.24, 2.45) is 0 Å². The second kappa shape index (κ2) is 16.0. The predicted octanol–water partition coefficient (Wildman–Crippen LogP) is 9.34. The number of fused-ring (bicyclic) bond motifs is 1. The zero-order valence-corrected chi connectivity index (χ0v) is 27.5. The molecule has 0 amide bonds. The summed E-state index contributed by atoms with van der Waals surface area (Å²) in [6.45, 7) is 5.50. The van der Waals surface area contributed by atoms with Crippen molar-refractivity contribution in [1.29, 1.82) is 0 Å². The van der Waals surface area contributed by atoms with E-state index in [1.807, 2.05) is 19.9 Å². The van der Waals surface area contributed by atoms with E-state index in [4.69, 9.17) is 9.26 Å². The molecule has 5 aromatic rings. The van der Waals surface area contributed by atoms with Crippen LogP contribution < -0.4 is 14.3 Å². The van der Waals surface area contributed by atoms with Gasteiger partial charge in [-0.1, -0.05) is 68.4 Å². The van der Waals surface area contributed by atoms with E-state index in [0.29, 0.717) is 15.6 Å². The van der Waals surface area contributed by atoms with Gasteiger partial charge in [-0.15, -0.1) is 11.3 Å². The maximum absolute atomic E-state index is 14.2. The molecule has 48 heavy (non-hydrogen) atoms. The largest absolute Gasteiger partial charge is 0.460 e. The maximum Gasteiger partial charge on any atom is 0.353 e. The summed E-state index contributed by atoms with van der Waals surface area (Å²) in [5, 5.41) is 3.20. The fourth-order valence-corrected chi connectivity index (χ4v) is 7.27. The average molecular weight is 706 g/mol. The van der Waals surface area contributed by atoms with Crippen LogP contribution in [0.15, 0.2) is 84.9 Å². The molecule has 4 aromatic carbocycles. The van der Waals surface area contributed by atoms with Crippen LogP contribution in [-0.4, -0.2) is 18.0 Å². The fourth-order valence-electron chi connectivity index (χ4n) is 4.31. The Morgan fingerprint density at radius 2 is 1.38 bits per heavy atom. The Bertz CT molecular complexity index is 1930. The maximum atomic E-state index is 14.2. The average Bonchev–Trinajstić information content (AvgIpc) is 3.52. The lowest BCUT2D eigenvalue weighted by molar-refractivity contribution is -0.146. The minimum absolute atomic E-state index is 0.0133. The van der Waals surface area contributed by atoms with Crippen molar-refractivity contribution >= 4 is 40.9 Å². The molecule has 0 bridgehead atoms. The number of nitrogens with one attached hydrogen (secondary N) is 1. The van der Waals surface area contributed by atoms with E-state index in [1.165, 1.54) is 13.0 Å². The van der Waals surface area contributed by atoms with E-state index in [0.717, 1.165) is 16.9 Å². The topological polar surface area (TPSA) is 90.9 Å². The summed E-state index contributed by atoms with van der Waals surface area (Å²) >= 11 is 0.837. The fraction of sp³-hybridized carbons (Fsp3) is 0.176. The summed E-state index contributed by atoms with van der Waals surface area (Å²) in [5.41, 5.74) is 1.23. The number of benzene rings is 4. The van der Waals surface area contributed by atoms with Gasteiger partial charge in [0.2, 0.25) is 34.8 Å². The molecule has 0 aliphatic carbocycles. The predicted molar refractivity (Wildman–Crippen MR) is 172 cm³/mol. The first kappa shape index (κ1) is 36.3. The summed E-state index contributed by atoms with van der Waals surface area (Å²) in [7, 11) is -3.85. The Hall–Kier alpha value is -4.58. The molecule has 5 rings (SSSR count). The van der Waals surface area contributed by atoms with E-state index >= 15 is 0 Å². The quantitative estimate of drug-likeness (QED) is 0.0366. The van der Waals surface area contributed by atoms with Gasteiger partial charge in [0.15, 0.2) is 0 Å². The smallest absolute Gasteiger partial charge is 0.353 e. The Morgan fingerprint density at radius 1 is 0.792 bits per heavy atom. The molecule has 2 atom stereocenters. The van der Waals surface area contributed by atoms with Crippen LogP contribution in [0, 0.1) is 29.1 Å². The van der Waals surface area contributed by atoms with E-state index < -0.39 is 60.3 Å². The highest BCUT2D eigenvalue weighted by molar-refractivity contribution is 7.56. The molecule has 0 aliphatic rings. The summed E-state index contributed by atoms with van der Waals surface area (Å²) in [6, 6.07) is 22.3. The molecule has 0 saturated carbocycles. The van der Waals surface area contributed by atoms with Gasteiger partial charge in [0.25, 0.3) is 0 Å². The third-order valence-electron chi connectivity index (χ3n) is 6.50. The Morgan fingerprint density at radius 3 is 2.00 bits per heavy atom. The SMILES string of the molecule is CC.CC(NP(=O)(Cc1ccc2sc(C(=O)Oc3c(F)c(F)c(F)c(F)c3F)cc2c1)Oc1ccccc1)C(=O)OCc1ccccc1. The lowest BCUT2D eigenvalue weighted by atomic mass is 10.2. The second-order valence-electron chi connectivity index (χ2n) is 9.95. The van der Waals surface area contributed by atoms with Gasteiger partial charge in [-0.05, 0) is 53.8 Å². The van der Waals surface area contributed by atoms with Crippen molar-refractivity contribution in [2.45, 2.75) is 39.6 Å². The molecule has 2 unspecified atom stereocenters. The number of esters is 2. The summed E-state index contributed by atoms with van der Waals surface area (Å²) < 4.78 is 99.0. The monoisotopic (exact) mass is 705 g/mol. The van der Waals surface area contributed by atoms with Gasteiger partial charge in [-0.2, -0.15) is 8.78 Å². The van der Waals surface area contributed by atoms with Gasteiger partial charge < -0.3 is 14.0 Å². The highest BCUT2D eigenvalue weighted by Gasteiger charge is 2.32. The number of para-hydroxylation sites is 1. The molecule has 0 spiro atoms. The van der Waals surface area contributed by atoms with Crippen LogP contribution in [0.4, 0.5) is 22.0 Å². The number of hydrogen-bond donors (Lipinski definition) is 1. The number of halogens is 5. The number of carbonyl (C=O) groups is 2. The number of ether oxygens (including phenoxy) is 2. The van der Waals surface area contributed by atoms with E-state index in [-0.39, 0.29) is 23.4 Å². The van der Waals surface area contributed by atoms with E-state index in [2.05, 4.69) is 9.82 Å². The van der Waals surface area contributed by atoms with Crippen LogP contribution in [0.3, 0.4) is 0 Å². The second-order valence-corrected chi connectivity index (χ2v) is 13.1. The number of rotatable bonds is 11. The molecule has 1 heterocycles. The van der Waals surface area contributed by atoms with Gasteiger partial charge in [0.1, 0.15) is 23.3 Å². The van der Waals surface area contributed by atoms with Gasteiger partial charge >= 0.3 is 19.5 Å². The highest BCUT2D eigenvalue weighted by atomic mass is 32.1. The number of carbonyl (C=O) groups excluding carboxylic acids is 2. The number of thiophene rings is 1. The van der Waals surface area contributed by atoms with Crippen molar-refractivity contribution < 1.29 is 50.1 Å². The molecule has 0 radical (unpaired) electrons. The Kier molecular flexibility index (Phi) is 12.1. The van der Waals surface area contributed by atoms with Crippen molar-refractivity contribution in [3.63, 3.8) is 0 Å². The van der Waals surface area contributed by atoms with Crippen LogP contribution >= 0.6 is 18.9 Å². The lowest BCUT2D eigenvalue weighted by Crippen LogP contribution is -2.34. The summed E-state index contributed by atoms with van der Waals surface area (Å²) in [6.07, 6.45) is -0.214.